The van der Waals surface area contributed by atoms with Gasteiger partial charge in [0, 0.05) is 14.1 Å². The van der Waals surface area contributed by atoms with E-state index in [1.807, 2.05) is 0 Å². The molecule has 0 aromatic carbocycles. The molecule has 1 N–H and O–H groups in total. The minimum Gasteiger partial charge on any atom is -0.347 e. The van der Waals surface area contributed by atoms with Crippen molar-refractivity contribution in [2.45, 2.75) is 0 Å². The SMILES string of the molecule is C=NC(=N)N(C)C. The van der Waals surface area contributed by atoms with E-state index in [0.29, 0.717) is 0 Å². The van der Waals surface area contributed by atoms with Gasteiger partial charge in [-0.05, 0) is 6.72 Å². The van der Waals surface area contributed by atoms with Gasteiger partial charge in [-0.15, -0.1) is 0 Å². The summed E-state index contributed by atoms with van der Waals surface area (Å²) in [6, 6.07) is 0. The Morgan fingerprint density at radius 1 is 1.71 bits per heavy atom. The largest absolute Gasteiger partial charge is 0.347 e. The molecule has 0 fully saturated rings. The number of hydrogen-bond acceptors (Lipinski definition) is 1. The summed E-state index contributed by atoms with van der Waals surface area (Å²) in [6.45, 7) is 3.17. The monoisotopic (exact) mass is 99.1 g/mol. The molecular weight excluding hydrogens is 90.1 g/mol. The minimum atomic E-state index is 0.194. The molecule has 0 saturated carbocycles. The van der Waals surface area contributed by atoms with E-state index in [0.717, 1.165) is 0 Å². The first-order chi connectivity index (χ1) is 3.18. The molecule has 3 nitrogen and oxygen atoms in total. The van der Waals surface area contributed by atoms with Crippen LogP contribution in [0.15, 0.2) is 4.99 Å². The van der Waals surface area contributed by atoms with Crippen LogP contribution in [-0.4, -0.2) is 31.7 Å². The lowest BCUT2D eigenvalue weighted by Gasteiger charge is -2.05. The van der Waals surface area contributed by atoms with Crippen molar-refractivity contribution in [3.8, 4) is 0 Å². The zero-order valence-corrected chi connectivity index (χ0v) is 4.60. The van der Waals surface area contributed by atoms with Crippen molar-refractivity contribution in [3.05, 3.63) is 0 Å². The van der Waals surface area contributed by atoms with Crippen molar-refractivity contribution in [1.29, 1.82) is 5.41 Å². The zero-order valence-electron chi connectivity index (χ0n) is 4.60. The van der Waals surface area contributed by atoms with Crippen LogP contribution in [0.2, 0.25) is 0 Å². The predicted molar refractivity (Wildman–Crippen MR) is 31.0 cm³/mol. The Morgan fingerprint density at radius 2 is 2.14 bits per heavy atom. The van der Waals surface area contributed by atoms with E-state index in [9.17, 15) is 0 Å². The lowest BCUT2D eigenvalue weighted by atomic mass is 10.8. The van der Waals surface area contributed by atoms with Gasteiger partial charge >= 0.3 is 0 Å². The molecular formula is C4H9N3. The second-order valence-electron chi connectivity index (χ2n) is 1.38. The van der Waals surface area contributed by atoms with Crippen molar-refractivity contribution >= 4 is 12.7 Å². The van der Waals surface area contributed by atoms with Crippen LogP contribution in [0, 0.1) is 5.41 Å². The van der Waals surface area contributed by atoms with Gasteiger partial charge in [0.15, 0.2) is 0 Å². The third-order valence-electron chi connectivity index (χ3n) is 0.573. The summed E-state index contributed by atoms with van der Waals surface area (Å²) in [6.07, 6.45) is 0. The first-order valence-electron chi connectivity index (χ1n) is 1.91. The molecule has 0 bridgehead atoms. The third kappa shape index (κ3) is 1.92. The maximum atomic E-state index is 6.89. The summed E-state index contributed by atoms with van der Waals surface area (Å²) < 4.78 is 0. The van der Waals surface area contributed by atoms with Gasteiger partial charge in [-0.3, -0.25) is 5.41 Å². The van der Waals surface area contributed by atoms with Gasteiger partial charge in [-0.1, -0.05) is 0 Å². The summed E-state index contributed by atoms with van der Waals surface area (Å²) >= 11 is 0. The van der Waals surface area contributed by atoms with Gasteiger partial charge in [0.05, 0.1) is 0 Å². The molecule has 0 saturated heterocycles. The average molecular weight is 99.1 g/mol. The van der Waals surface area contributed by atoms with Crippen molar-refractivity contribution < 1.29 is 0 Å². The number of nitrogens with one attached hydrogen (secondary N) is 1. The number of nitrogens with zero attached hydrogens (tertiary/aromatic N) is 2. The molecule has 0 aromatic heterocycles. The Labute approximate surface area is 43.2 Å². The molecule has 3 heteroatoms. The molecule has 0 heterocycles. The molecule has 40 valence electrons. The first kappa shape index (κ1) is 6.14. The first-order valence-corrected chi connectivity index (χ1v) is 1.91. The third-order valence-corrected chi connectivity index (χ3v) is 0.573. The molecule has 0 atom stereocenters. The number of hydrogen-bond donors (Lipinski definition) is 1. The Bertz CT molecular complexity index is 84.9. The molecule has 0 aliphatic rings. The Morgan fingerprint density at radius 3 is 2.14 bits per heavy atom. The maximum absolute atomic E-state index is 6.89. The highest BCUT2D eigenvalue weighted by molar-refractivity contribution is 5.80. The fraction of sp³-hybridized carbons (Fsp3) is 0.500. The lowest BCUT2D eigenvalue weighted by Crippen LogP contribution is -2.17. The maximum Gasteiger partial charge on any atom is 0.216 e. The zero-order chi connectivity index (χ0) is 5.86. The second kappa shape index (κ2) is 2.34. The minimum absolute atomic E-state index is 0.194. The molecule has 7 heavy (non-hydrogen) atoms. The van der Waals surface area contributed by atoms with Crippen LogP contribution >= 0.6 is 0 Å². The predicted octanol–water partition coefficient (Wildman–Crippen LogP) is 0.183. The fourth-order valence-electron chi connectivity index (χ4n) is 0.141. The average Bonchev–Trinajstić information content (AvgIpc) is 1.65. The number of guanidine groups is 1. The highest BCUT2D eigenvalue weighted by Gasteiger charge is 1.87. The summed E-state index contributed by atoms with van der Waals surface area (Å²) in [5, 5.41) is 6.89. The van der Waals surface area contributed by atoms with Crippen LogP contribution in [-0.2, 0) is 0 Å². The van der Waals surface area contributed by atoms with Crippen LogP contribution in [0.1, 0.15) is 0 Å². The van der Waals surface area contributed by atoms with Gasteiger partial charge in [-0.25, -0.2) is 4.99 Å². The van der Waals surface area contributed by atoms with Gasteiger partial charge in [0.25, 0.3) is 0 Å². The van der Waals surface area contributed by atoms with Crippen LogP contribution < -0.4 is 0 Å². The molecule has 0 unspecified atom stereocenters. The number of aliphatic imine (C=N–C) groups is 1. The topological polar surface area (TPSA) is 39.5 Å². The highest BCUT2D eigenvalue weighted by atomic mass is 15.2. The van der Waals surface area contributed by atoms with Crippen molar-refractivity contribution in [2.75, 3.05) is 14.1 Å². The van der Waals surface area contributed by atoms with E-state index in [2.05, 4.69) is 11.7 Å². The van der Waals surface area contributed by atoms with E-state index >= 15 is 0 Å². The van der Waals surface area contributed by atoms with Gasteiger partial charge in [0.2, 0.25) is 5.96 Å². The molecule has 0 aromatic rings. The van der Waals surface area contributed by atoms with E-state index in [1.54, 1.807) is 19.0 Å². The molecule has 0 spiro atoms. The second-order valence-corrected chi connectivity index (χ2v) is 1.38. The molecule has 0 amide bonds. The Kier molecular flexibility index (Phi) is 2.05. The highest BCUT2D eigenvalue weighted by Crippen LogP contribution is 1.75. The van der Waals surface area contributed by atoms with Crippen molar-refractivity contribution in [3.63, 3.8) is 0 Å². The summed E-state index contributed by atoms with van der Waals surface area (Å²) in [7, 11) is 3.49. The quantitative estimate of drug-likeness (QED) is 0.341. The normalized spacial score (nSPS) is 7.71. The molecule has 0 aliphatic heterocycles. The summed E-state index contributed by atoms with van der Waals surface area (Å²) in [5.74, 6) is 0.194. The van der Waals surface area contributed by atoms with E-state index in [4.69, 9.17) is 5.41 Å². The van der Waals surface area contributed by atoms with E-state index in [1.165, 1.54) is 0 Å². The Hall–Kier alpha value is -0.860. The van der Waals surface area contributed by atoms with E-state index < -0.39 is 0 Å². The summed E-state index contributed by atoms with van der Waals surface area (Å²) in [4.78, 5) is 4.92. The van der Waals surface area contributed by atoms with Crippen molar-refractivity contribution in [1.82, 2.24) is 4.90 Å². The number of rotatable bonds is 0. The van der Waals surface area contributed by atoms with Crippen LogP contribution in [0.25, 0.3) is 0 Å². The van der Waals surface area contributed by atoms with E-state index in [-0.39, 0.29) is 5.96 Å². The molecule has 0 aliphatic carbocycles. The lowest BCUT2D eigenvalue weighted by molar-refractivity contribution is 0.610. The molecule has 0 radical (unpaired) electrons. The summed E-state index contributed by atoms with van der Waals surface area (Å²) in [5.41, 5.74) is 0. The van der Waals surface area contributed by atoms with Crippen LogP contribution in [0.3, 0.4) is 0 Å². The van der Waals surface area contributed by atoms with Gasteiger partial charge < -0.3 is 4.90 Å². The van der Waals surface area contributed by atoms with Gasteiger partial charge in [0.1, 0.15) is 0 Å². The fourth-order valence-corrected chi connectivity index (χ4v) is 0.141. The van der Waals surface area contributed by atoms with Gasteiger partial charge in [-0.2, -0.15) is 0 Å². The smallest absolute Gasteiger partial charge is 0.216 e. The van der Waals surface area contributed by atoms with Crippen LogP contribution in [0.5, 0.6) is 0 Å². The van der Waals surface area contributed by atoms with Crippen molar-refractivity contribution in [2.24, 2.45) is 4.99 Å². The Balaban J connectivity index is 3.56. The van der Waals surface area contributed by atoms with Crippen LogP contribution in [0.4, 0.5) is 0 Å². The standard InChI is InChI=1S/C4H9N3/c1-6-4(5)7(2)3/h5H,1H2,2-3H3. The molecule has 0 rings (SSSR count).